The fourth-order valence-electron chi connectivity index (χ4n) is 1.95. The lowest BCUT2D eigenvalue weighted by Gasteiger charge is -2.17. The third kappa shape index (κ3) is 2.64. The van der Waals surface area contributed by atoms with Crippen molar-refractivity contribution in [1.29, 1.82) is 0 Å². The molecule has 7 heteroatoms. The molecule has 0 radical (unpaired) electrons. The van der Waals surface area contributed by atoms with Crippen LogP contribution in [-0.4, -0.2) is 37.7 Å². The molecule has 0 unspecified atom stereocenters. The van der Waals surface area contributed by atoms with Gasteiger partial charge in [-0.15, -0.1) is 0 Å². The molecule has 1 aliphatic rings. The first-order valence-electron chi connectivity index (χ1n) is 6.11. The fraction of sp³-hybridized carbons (Fsp3) is 0.385. The summed E-state index contributed by atoms with van der Waals surface area (Å²) in [6.45, 7) is 3.19. The summed E-state index contributed by atoms with van der Waals surface area (Å²) in [6, 6.07) is 4.94. The van der Waals surface area contributed by atoms with Gasteiger partial charge in [0.15, 0.2) is 9.84 Å². The number of halogens is 1. The minimum Gasteiger partial charge on any atom is -0.304 e. The van der Waals surface area contributed by atoms with Gasteiger partial charge >= 0.3 is 0 Å². The Morgan fingerprint density at radius 3 is 2.50 bits per heavy atom. The monoisotopic (exact) mass is 359 g/mol. The topological polar surface area (TPSA) is 71.5 Å². The second-order valence-electron chi connectivity index (χ2n) is 4.86. The van der Waals surface area contributed by atoms with Crippen molar-refractivity contribution in [3.8, 4) is 0 Å². The highest BCUT2D eigenvalue weighted by atomic mass is 79.9. The predicted octanol–water partition coefficient (Wildman–Crippen LogP) is 1.80. The van der Waals surface area contributed by atoms with E-state index in [1.807, 2.05) is 0 Å². The first kappa shape index (κ1) is 15.2. The van der Waals surface area contributed by atoms with Gasteiger partial charge < -0.3 is 4.90 Å². The standard InChI is InChI=1S/C13H14BrNO4S/c1-8(2)20(18,19)6-5-15-11-4-3-9(14)7-10(11)12(16)13(15)17/h3-4,7-8H,5-6H2,1-2H3. The Balaban J connectivity index is 2.27. The third-order valence-corrected chi connectivity index (χ3v) is 5.93. The Kier molecular flexibility index (Phi) is 4.02. The molecule has 0 aliphatic carbocycles. The molecule has 0 N–H and O–H groups in total. The fourth-order valence-corrected chi connectivity index (χ4v) is 3.22. The summed E-state index contributed by atoms with van der Waals surface area (Å²) in [4.78, 5) is 25.0. The first-order chi connectivity index (χ1) is 9.24. The van der Waals surface area contributed by atoms with Crippen LogP contribution in [0.5, 0.6) is 0 Å². The van der Waals surface area contributed by atoms with Crippen molar-refractivity contribution in [2.75, 3.05) is 17.2 Å². The van der Waals surface area contributed by atoms with E-state index in [-0.39, 0.29) is 12.3 Å². The zero-order chi connectivity index (χ0) is 15.1. The molecule has 2 rings (SSSR count). The summed E-state index contributed by atoms with van der Waals surface area (Å²) >= 11 is 3.24. The highest BCUT2D eigenvalue weighted by Gasteiger charge is 2.36. The van der Waals surface area contributed by atoms with E-state index in [1.54, 1.807) is 32.0 Å². The molecular formula is C13H14BrNO4S. The Labute approximate surface area is 126 Å². The number of nitrogens with zero attached hydrogens (tertiary/aromatic N) is 1. The number of hydrogen-bond donors (Lipinski definition) is 0. The largest absolute Gasteiger partial charge is 0.304 e. The number of sulfone groups is 1. The van der Waals surface area contributed by atoms with Crippen LogP contribution >= 0.6 is 15.9 Å². The molecule has 0 saturated carbocycles. The summed E-state index contributed by atoms with van der Waals surface area (Å²) in [5, 5.41) is -0.500. The molecule has 1 aromatic carbocycles. The summed E-state index contributed by atoms with van der Waals surface area (Å²) in [5.41, 5.74) is 0.786. The molecular weight excluding hydrogens is 346 g/mol. The van der Waals surface area contributed by atoms with Crippen LogP contribution in [0.15, 0.2) is 22.7 Å². The van der Waals surface area contributed by atoms with Crippen molar-refractivity contribution in [1.82, 2.24) is 0 Å². The third-order valence-electron chi connectivity index (χ3n) is 3.25. The molecule has 1 heterocycles. The zero-order valence-corrected chi connectivity index (χ0v) is 13.5. The van der Waals surface area contributed by atoms with Crippen LogP contribution in [-0.2, 0) is 14.6 Å². The van der Waals surface area contributed by atoms with Crippen LogP contribution in [0.1, 0.15) is 24.2 Å². The van der Waals surface area contributed by atoms with E-state index in [1.165, 1.54) is 4.90 Å². The molecule has 0 spiro atoms. The van der Waals surface area contributed by atoms with Crippen LogP contribution in [0.2, 0.25) is 0 Å². The molecule has 1 aliphatic heterocycles. The maximum Gasteiger partial charge on any atom is 0.299 e. The van der Waals surface area contributed by atoms with Crippen LogP contribution in [0.4, 0.5) is 5.69 Å². The lowest BCUT2D eigenvalue weighted by atomic mass is 10.1. The molecule has 5 nitrogen and oxygen atoms in total. The number of ketones is 1. The molecule has 1 aromatic rings. The molecule has 0 saturated heterocycles. The maximum absolute atomic E-state index is 11.9. The average molecular weight is 360 g/mol. The second kappa shape index (κ2) is 5.29. The summed E-state index contributed by atoms with van der Waals surface area (Å²) in [5.74, 6) is -1.42. The van der Waals surface area contributed by atoms with Crippen molar-refractivity contribution >= 4 is 43.1 Å². The number of fused-ring (bicyclic) bond motifs is 1. The van der Waals surface area contributed by atoms with Gasteiger partial charge in [-0.3, -0.25) is 9.59 Å². The molecule has 0 aromatic heterocycles. The molecule has 108 valence electrons. The van der Waals surface area contributed by atoms with Gasteiger partial charge in [0.05, 0.1) is 22.3 Å². The smallest absolute Gasteiger partial charge is 0.299 e. The SMILES string of the molecule is CC(C)S(=O)(=O)CCN1C(=O)C(=O)c2cc(Br)ccc21. The van der Waals surface area contributed by atoms with E-state index >= 15 is 0 Å². The van der Waals surface area contributed by atoms with Crippen LogP contribution in [0.25, 0.3) is 0 Å². The Morgan fingerprint density at radius 2 is 1.90 bits per heavy atom. The number of carbonyl (C=O) groups is 2. The average Bonchev–Trinajstić information content (AvgIpc) is 2.60. The number of carbonyl (C=O) groups excluding carboxylic acids is 2. The van der Waals surface area contributed by atoms with E-state index in [0.717, 1.165) is 0 Å². The second-order valence-corrected chi connectivity index (χ2v) is 8.46. The van der Waals surface area contributed by atoms with Gasteiger partial charge in [0.25, 0.3) is 11.7 Å². The Morgan fingerprint density at radius 1 is 1.25 bits per heavy atom. The predicted molar refractivity (Wildman–Crippen MR) is 79.7 cm³/mol. The van der Waals surface area contributed by atoms with Gasteiger partial charge in [0.1, 0.15) is 0 Å². The van der Waals surface area contributed by atoms with Crippen molar-refractivity contribution in [2.24, 2.45) is 0 Å². The lowest BCUT2D eigenvalue weighted by molar-refractivity contribution is -0.114. The number of benzene rings is 1. The molecule has 0 bridgehead atoms. The van der Waals surface area contributed by atoms with Crippen LogP contribution in [0.3, 0.4) is 0 Å². The molecule has 0 fully saturated rings. The van der Waals surface area contributed by atoms with Crippen LogP contribution in [0, 0.1) is 0 Å². The minimum absolute atomic E-state index is 0.000279. The maximum atomic E-state index is 11.9. The van der Waals surface area contributed by atoms with Gasteiger partial charge in [-0.25, -0.2) is 8.42 Å². The lowest BCUT2D eigenvalue weighted by Crippen LogP contribution is -2.35. The van der Waals surface area contributed by atoms with Crippen molar-refractivity contribution in [2.45, 2.75) is 19.1 Å². The Hall–Kier alpha value is -1.21. The number of Topliss-reactive ketones (excluding diaryl/α,β-unsaturated/α-hetero) is 1. The van der Waals surface area contributed by atoms with Gasteiger partial charge in [-0.1, -0.05) is 15.9 Å². The van der Waals surface area contributed by atoms with Gasteiger partial charge in [0, 0.05) is 11.0 Å². The van der Waals surface area contributed by atoms with Gasteiger partial charge in [0.2, 0.25) is 0 Å². The van der Waals surface area contributed by atoms with Crippen molar-refractivity contribution < 1.29 is 18.0 Å². The molecule has 20 heavy (non-hydrogen) atoms. The van der Waals surface area contributed by atoms with E-state index in [9.17, 15) is 18.0 Å². The number of anilines is 1. The quantitative estimate of drug-likeness (QED) is 0.768. The summed E-state index contributed by atoms with van der Waals surface area (Å²) < 4.78 is 24.3. The van der Waals surface area contributed by atoms with Gasteiger partial charge in [-0.05, 0) is 32.0 Å². The molecule has 1 amide bonds. The van der Waals surface area contributed by atoms with E-state index in [0.29, 0.717) is 15.7 Å². The van der Waals surface area contributed by atoms with Crippen LogP contribution < -0.4 is 4.90 Å². The van der Waals surface area contributed by atoms with Crippen molar-refractivity contribution in [3.63, 3.8) is 0 Å². The number of hydrogen-bond acceptors (Lipinski definition) is 4. The van der Waals surface area contributed by atoms with E-state index in [2.05, 4.69) is 15.9 Å². The minimum atomic E-state index is -3.25. The normalized spacial score (nSPS) is 15.1. The first-order valence-corrected chi connectivity index (χ1v) is 8.62. The highest BCUT2D eigenvalue weighted by molar-refractivity contribution is 9.10. The zero-order valence-electron chi connectivity index (χ0n) is 11.1. The molecule has 0 atom stereocenters. The van der Waals surface area contributed by atoms with E-state index < -0.39 is 26.8 Å². The van der Waals surface area contributed by atoms with Crippen molar-refractivity contribution in [3.05, 3.63) is 28.2 Å². The van der Waals surface area contributed by atoms with Gasteiger partial charge in [-0.2, -0.15) is 0 Å². The summed E-state index contributed by atoms with van der Waals surface area (Å²) in [7, 11) is -3.25. The van der Waals surface area contributed by atoms with E-state index in [4.69, 9.17) is 0 Å². The Bertz CT molecular complexity index is 682. The summed E-state index contributed by atoms with van der Waals surface area (Å²) in [6.07, 6.45) is 0. The highest BCUT2D eigenvalue weighted by Crippen LogP contribution is 2.31. The number of rotatable bonds is 4. The number of amides is 1.